The molecule has 0 amide bonds. The van der Waals surface area contributed by atoms with Crippen molar-refractivity contribution in [2.75, 3.05) is 0 Å². The van der Waals surface area contributed by atoms with Gasteiger partial charge in [0.25, 0.3) is 0 Å². The van der Waals surface area contributed by atoms with Crippen LogP contribution in [0.25, 0.3) is 56.0 Å². The van der Waals surface area contributed by atoms with Crippen molar-refractivity contribution in [2.24, 2.45) is 0 Å². The molecule has 0 fully saturated rings. The monoisotopic (exact) mass is 646 g/mol. The normalized spacial score (nSPS) is 11.2. The van der Waals surface area contributed by atoms with Crippen LogP contribution < -0.4 is 0 Å². The summed E-state index contributed by atoms with van der Waals surface area (Å²) in [6.45, 7) is 0. The smallest absolute Gasteiger partial charge is 0.218 e. The number of benzene rings is 4. The maximum Gasteiger partial charge on any atom is 0.218 e. The number of aromatic nitrogens is 4. The average molecular weight is 647 g/mol. The maximum atomic E-state index is 10.3. The maximum absolute atomic E-state index is 10.3. The van der Waals surface area contributed by atoms with Gasteiger partial charge in [-0.15, -0.1) is 6.07 Å². The Morgan fingerprint density at radius 1 is 0.611 bits per heavy atom. The SMILES string of the molecule is Oc1ccccc1-c1cccc(-c2cccc3c2nc2n(-c4[c-]cccc4)c4ccccc4n32)n1.[Pt]. The fourth-order valence-electron chi connectivity index (χ4n) is 4.82. The minimum atomic E-state index is 0. The fourth-order valence-corrected chi connectivity index (χ4v) is 4.82. The number of rotatable bonds is 3. The average Bonchev–Trinajstić information content (AvgIpc) is 3.44. The van der Waals surface area contributed by atoms with Gasteiger partial charge in [-0.3, -0.25) is 4.40 Å². The summed E-state index contributed by atoms with van der Waals surface area (Å²) in [4.78, 5) is 10.0. The van der Waals surface area contributed by atoms with Crippen LogP contribution in [0.15, 0.2) is 109 Å². The molecular weight excluding hydrogens is 627 g/mol. The first-order valence-electron chi connectivity index (χ1n) is 11.4. The van der Waals surface area contributed by atoms with Crippen LogP contribution >= 0.6 is 0 Å². The van der Waals surface area contributed by atoms with Gasteiger partial charge in [-0.2, -0.15) is 24.3 Å². The summed E-state index contributed by atoms with van der Waals surface area (Å²) in [5.74, 6) is 1.04. The zero-order valence-electron chi connectivity index (χ0n) is 18.9. The van der Waals surface area contributed by atoms with Crippen molar-refractivity contribution in [1.29, 1.82) is 0 Å². The third-order valence-corrected chi connectivity index (χ3v) is 6.37. The van der Waals surface area contributed by atoms with Gasteiger partial charge >= 0.3 is 0 Å². The van der Waals surface area contributed by atoms with Crippen LogP contribution in [-0.4, -0.2) is 24.0 Å². The molecule has 0 saturated heterocycles. The Kier molecular flexibility index (Phi) is 5.43. The van der Waals surface area contributed by atoms with Gasteiger partial charge in [0.1, 0.15) is 11.3 Å². The van der Waals surface area contributed by atoms with E-state index in [1.807, 2.05) is 84.9 Å². The minimum absolute atomic E-state index is 0. The molecule has 7 aromatic rings. The Morgan fingerprint density at radius 2 is 1.28 bits per heavy atom. The summed E-state index contributed by atoms with van der Waals surface area (Å²) in [7, 11) is 0. The Morgan fingerprint density at radius 3 is 2.08 bits per heavy atom. The predicted octanol–water partition coefficient (Wildman–Crippen LogP) is 6.66. The molecule has 0 unspecified atom stereocenters. The summed E-state index contributed by atoms with van der Waals surface area (Å²) in [5.41, 5.74) is 8.15. The summed E-state index contributed by atoms with van der Waals surface area (Å²) in [6.07, 6.45) is 0. The molecule has 4 aromatic carbocycles. The first-order valence-corrected chi connectivity index (χ1v) is 11.4. The minimum Gasteiger partial charge on any atom is -0.507 e. The van der Waals surface area contributed by atoms with E-state index in [0.29, 0.717) is 5.56 Å². The summed E-state index contributed by atoms with van der Waals surface area (Å²) in [6, 6.07) is 38.9. The molecule has 0 bridgehead atoms. The Balaban J connectivity index is 0.00000240. The molecular formula is C30H19N4OPt-. The second-order valence-corrected chi connectivity index (χ2v) is 8.42. The molecule has 0 aliphatic carbocycles. The predicted molar refractivity (Wildman–Crippen MR) is 139 cm³/mol. The van der Waals surface area contributed by atoms with Crippen LogP contribution in [0, 0.1) is 6.07 Å². The molecule has 0 saturated carbocycles. The van der Waals surface area contributed by atoms with Gasteiger partial charge < -0.3 is 9.67 Å². The first-order chi connectivity index (χ1) is 17.3. The fraction of sp³-hybridized carbons (Fsp3) is 0. The summed E-state index contributed by atoms with van der Waals surface area (Å²) in [5, 5.41) is 10.3. The molecule has 0 atom stereocenters. The van der Waals surface area contributed by atoms with Gasteiger partial charge in [-0.25, -0.2) is 9.97 Å². The number of pyridine rings is 1. The Bertz CT molecular complexity index is 1870. The second kappa shape index (κ2) is 8.78. The van der Waals surface area contributed by atoms with Crippen LogP contribution in [0.4, 0.5) is 0 Å². The van der Waals surface area contributed by atoms with Gasteiger partial charge in [-0.1, -0.05) is 48.2 Å². The van der Waals surface area contributed by atoms with Crippen molar-refractivity contribution in [3.63, 3.8) is 0 Å². The standard InChI is InChI=1S/C30H19N4O.Pt/c35-28-19-7-4-12-21(28)23-14-9-15-24(31-23)22-13-8-18-27-29(22)32-30-33(20-10-2-1-3-11-20)25-16-5-6-17-26(25)34(27)30;/h1-10,12-19,35H;/q-1;. The molecule has 0 aliphatic rings. The van der Waals surface area contributed by atoms with Gasteiger partial charge in [0.15, 0.2) is 0 Å². The molecule has 1 N–H and O–H groups in total. The number of imidazole rings is 2. The number of phenolic OH excluding ortho intramolecular Hbond substituents is 1. The number of hydrogen-bond donors (Lipinski definition) is 1. The molecule has 3 heterocycles. The Labute approximate surface area is 221 Å². The zero-order chi connectivity index (χ0) is 23.4. The van der Waals surface area contributed by atoms with E-state index < -0.39 is 0 Å². The van der Waals surface area contributed by atoms with E-state index in [1.165, 1.54) is 0 Å². The van der Waals surface area contributed by atoms with Gasteiger partial charge in [0, 0.05) is 32.2 Å². The number of nitrogens with zero attached hydrogens (tertiary/aromatic N) is 4. The van der Waals surface area contributed by atoms with Crippen LogP contribution in [0.5, 0.6) is 5.75 Å². The van der Waals surface area contributed by atoms with Crippen LogP contribution in [0.2, 0.25) is 0 Å². The van der Waals surface area contributed by atoms with Gasteiger partial charge in [-0.05, 0) is 42.5 Å². The zero-order valence-corrected chi connectivity index (χ0v) is 21.2. The van der Waals surface area contributed by atoms with E-state index in [4.69, 9.17) is 9.97 Å². The number of fused-ring (bicyclic) bond motifs is 5. The van der Waals surface area contributed by atoms with Crippen LogP contribution in [0.3, 0.4) is 0 Å². The largest absolute Gasteiger partial charge is 0.507 e. The van der Waals surface area contributed by atoms with E-state index in [-0.39, 0.29) is 26.8 Å². The van der Waals surface area contributed by atoms with E-state index >= 15 is 0 Å². The quantitative estimate of drug-likeness (QED) is 0.219. The Hall–Kier alpha value is -4.21. The first kappa shape index (κ1) is 22.3. The molecule has 3 aromatic heterocycles. The molecule has 6 heteroatoms. The molecule has 7 rings (SSSR count). The molecule has 176 valence electrons. The molecule has 36 heavy (non-hydrogen) atoms. The van der Waals surface area contributed by atoms with Crippen molar-refractivity contribution in [2.45, 2.75) is 0 Å². The molecule has 0 radical (unpaired) electrons. The number of phenols is 1. The third kappa shape index (κ3) is 3.35. The van der Waals surface area contributed by atoms with Gasteiger partial charge in [0.05, 0.1) is 27.9 Å². The molecule has 0 aliphatic heterocycles. The van der Waals surface area contributed by atoms with E-state index in [9.17, 15) is 5.11 Å². The van der Waals surface area contributed by atoms with Gasteiger partial charge in [0.2, 0.25) is 5.78 Å². The van der Waals surface area contributed by atoms with Crippen molar-refractivity contribution >= 4 is 27.8 Å². The number of para-hydroxylation sites is 5. The van der Waals surface area contributed by atoms with E-state index in [0.717, 1.165) is 50.5 Å². The van der Waals surface area contributed by atoms with E-state index in [2.05, 4.69) is 33.2 Å². The topological polar surface area (TPSA) is 55.4 Å². The summed E-state index contributed by atoms with van der Waals surface area (Å²) >= 11 is 0. The third-order valence-electron chi connectivity index (χ3n) is 6.37. The number of hydrogen-bond acceptors (Lipinski definition) is 3. The van der Waals surface area contributed by atoms with Crippen LogP contribution in [0.1, 0.15) is 0 Å². The van der Waals surface area contributed by atoms with E-state index in [1.54, 1.807) is 6.07 Å². The van der Waals surface area contributed by atoms with Crippen LogP contribution in [-0.2, 0) is 21.1 Å². The second-order valence-electron chi connectivity index (χ2n) is 8.42. The molecule has 0 spiro atoms. The van der Waals surface area contributed by atoms with Crippen molar-refractivity contribution in [3.05, 3.63) is 115 Å². The summed E-state index contributed by atoms with van der Waals surface area (Å²) < 4.78 is 4.34. The number of aromatic hydroxyl groups is 1. The van der Waals surface area contributed by atoms with Crippen molar-refractivity contribution in [3.8, 4) is 34.0 Å². The van der Waals surface area contributed by atoms with Crippen molar-refractivity contribution in [1.82, 2.24) is 18.9 Å². The van der Waals surface area contributed by atoms with Crippen molar-refractivity contribution < 1.29 is 26.2 Å². The molecule has 5 nitrogen and oxygen atoms in total.